The molecule has 14 aromatic carbocycles. The molecule has 0 aliphatic carbocycles. The van der Waals surface area contributed by atoms with E-state index >= 15 is 13.2 Å². The Bertz CT molecular complexity index is 6810. The average molecular weight is 1530 g/mol. The predicted octanol–water partition coefficient (Wildman–Crippen LogP) is 23.7. The Morgan fingerprint density at radius 2 is 0.492 bits per heavy atom. The number of fused-ring (bicyclic) bond motifs is 6. The van der Waals surface area contributed by atoms with Crippen molar-refractivity contribution in [3.8, 4) is 165 Å². The topological polar surface area (TPSA) is 193 Å². The second kappa shape index (κ2) is 29.5. The molecule has 0 amide bonds. The van der Waals surface area contributed by atoms with Crippen LogP contribution in [0.4, 0.5) is 18.9 Å². The Labute approximate surface area is 672 Å². The van der Waals surface area contributed by atoms with Gasteiger partial charge in [0.2, 0.25) is 5.69 Å². The fourth-order valence-electron chi connectivity index (χ4n) is 15.1. The van der Waals surface area contributed by atoms with Crippen LogP contribution in [0.3, 0.4) is 0 Å². The van der Waals surface area contributed by atoms with Gasteiger partial charge in [-0.05, 0) is 48.5 Å². The van der Waals surface area contributed by atoms with Crippen molar-refractivity contribution in [1.29, 1.82) is 5.26 Å². The molecule has 0 saturated heterocycles. The molecule has 0 atom stereocenters. The highest BCUT2D eigenvalue weighted by Gasteiger charge is 2.33. The lowest BCUT2D eigenvalue weighted by atomic mass is 9.95. The highest BCUT2D eigenvalue weighted by Crippen LogP contribution is 2.48. The normalized spacial score (nSPS) is 11.5. The van der Waals surface area contributed by atoms with Crippen LogP contribution in [0.5, 0.6) is 0 Å². The summed E-state index contributed by atoms with van der Waals surface area (Å²) < 4.78 is 49.9. The van der Waals surface area contributed by atoms with Gasteiger partial charge in [0, 0.05) is 105 Å². The molecule has 0 N–H and O–H groups in total. The van der Waals surface area contributed by atoms with Gasteiger partial charge in [-0.25, -0.2) is 64.7 Å². The third-order valence-electron chi connectivity index (χ3n) is 20.8. The van der Waals surface area contributed by atoms with Gasteiger partial charge in [-0.3, -0.25) is 0 Å². The third-order valence-corrected chi connectivity index (χ3v) is 20.8. The zero-order valence-corrected chi connectivity index (χ0v) is 62.2. The minimum absolute atomic E-state index is 0.104. The lowest BCUT2D eigenvalue weighted by Crippen LogP contribution is -2.06. The number of aromatic nitrogens is 14. The summed E-state index contributed by atoms with van der Waals surface area (Å²) in [6.07, 6.45) is -4.85. The van der Waals surface area contributed by atoms with Gasteiger partial charge in [0.05, 0.1) is 51.5 Å². The zero-order chi connectivity index (χ0) is 79.4. The van der Waals surface area contributed by atoms with Crippen LogP contribution in [-0.2, 0) is 6.18 Å². The molecular formula is C99H57F3N16. The molecule has 0 bridgehead atoms. The summed E-state index contributed by atoms with van der Waals surface area (Å²) in [5.74, 6) is 4.83. The third kappa shape index (κ3) is 13.2. The van der Waals surface area contributed by atoms with E-state index in [1.165, 1.54) is 6.07 Å². The number of rotatable bonds is 15. The van der Waals surface area contributed by atoms with Gasteiger partial charge in [-0.2, -0.15) is 18.4 Å². The number of benzene rings is 14. The van der Waals surface area contributed by atoms with Crippen molar-refractivity contribution in [1.82, 2.24) is 68.9 Å². The minimum atomic E-state index is -4.85. The summed E-state index contributed by atoms with van der Waals surface area (Å²) in [7, 11) is 0. The Morgan fingerprint density at radius 3 is 0.720 bits per heavy atom. The van der Waals surface area contributed by atoms with E-state index in [4.69, 9.17) is 59.8 Å². The summed E-state index contributed by atoms with van der Waals surface area (Å²) in [5.41, 5.74) is 10.5. The maximum Gasteiger partial charge on any atom is 0.416 e. The monoisotopic (exact) mass is 1530 g/mol. The molecule has 6 aromatic heterocycles. The number of hydrogen-bond acceptors (Lipinski definition) is 13. The maximum atomic E-state index is 15.3. The van der Waals surface area contributed by atoms with Gasteiger partial charge in [0.1, 0.15) is 0 Å². The minimum Gasteiger partial charge on any atom is -0.319 e. The van der Waals surface area contributed by atoms with Crippen LogP contribution in [0.2, 0.25) is 0 Å². The highest BCUT2D eigenvalue weighted by molar-refractivity contribution is 6.14. The molecule has 0 fully saturated rings. The van der Waals surface area contributed by atoms with E-state index in [1.807, 2.05) is 325 Å². The maximum absolute atomic E-state index is 15.3. The average Bonchev–Trinajstić information content (AvgIpc) is 1.58. The Hall–Kier alpha value is -16.5. The lowest BCUT2D eigenvalue weighted by molar-refractivity contribution is -0.137. The van der Waals surface area contributed by atoms with Crippen molar-refractivity contribution in [3.05, 3.63) is 368 Å². The molecule has 19 heteroatoms. The summed E-state index contributed by atoms with van der Waals surface area (Å²) in [6, 6.07) is 110. The first-order valence-corrected chi connectivity index (χ1v) is 37.8. The van der Waals surface area contributed by atoms with Crippen molar-refractivity contribution < 1.29 is 13.2 Å². The molecule has 0 saturated carbocycles. The van der Waals surface area contributed by atoms with Gasteiger partial charge in [0.15, 0.2) is 69.9 Å². The van der Waals surface area contributed by atoms with Gasteiger partial charge in [-0.1, -0.05) is 297 Å². The molecule has 0 radical (unpaired) electrons. The molecule has 554 valence electrons. The molecule has 0 aliphatic rings. The largest absolute Gasteiger partial charge is 0.416 e. The molecule has 118 heavy (non-hydrogen) atoms. The summed E-state index contributed by atoms with van der Waals surface area (Å²) in [6.45, 7) is 9.66. The fourth-order valence-corrected chi connectivity index (χ4v) is 15.1. The molecule has 16 nitrogen and oxygen atoms in total. The van der Waals surface area contributed by atoms with Crippen molar-refractivity contribution >= 4 is 49.3 Å². The van der Waals surface area contributed by atoms with E-state index < -0.39 is 11.7 Å². The van der Waals surface area contributed by atoms with Crippen molar-refractivity contribution in [2.24, 2.45) is 0 Å². The summed E-state index contributed by atoms with van der Waals surface area (Å²) in [4.78, 5) is 66.2. The SMILES string of the molecule is [C-]#[N+]c1cc(-n2c3cc(-c4nc(-c5ccccc5)nc(-c5ccccc5)n4)ccc3c3ccc(-c4nc(-c5ccccc5)nc(-c5ccccc5)n4)cc32)c(-c2ccc(C(F)(F)F)cc2C#N)cc1-n1c2cc(-c3nc(-c4ccccc4)nc(-c4ccccc4)n3)ccc2c2ccc(-c3nc(-c4ccccc4)nc(-c4ccccc4)n3)cc21. The smallest absolute Gasteiger partial charge is 0.319 e. The molecule has 0 spiro atoms. The van der Waals surface area contributed by atoms with Crippen LogP contribution in [0.25, 0.3) is 208 Å². The van der Waals surface area contributed by atoms with Crippen LogP contribution in [0.15, 0.2) is 346 Å². The fraction of sp³-hybridized carbons (Fsp3) is 0.0101. The van der Waals surface area contributed by atoms with Crippen molar-refractivity contribution in [2.75, 3.05) is 0 Å². The number of alkyl halides is 3. The van der Waals surface area contributed by atoms with Gasteiger partial charge < -0.3 is 9.13 Å². The van der Waals surface area contributed by atoms with Gasteiger partial charge >= 0.3 is 6.18 Å². The highest BCUT2D eigenvalue weighted by atomic mass is 19.4. The standard InChI is InChI=1S/C99H57F3N16/c1-104-80-58-85(117-81-53-68(95-109-87(60-26-10-2-11-27-60)105-88(110-95)61-28-12-3-13-29-61)42-47-75(81)76-48-43-69(54-82(76)117)96-111-89(62-30-14-4-15-31-62)106-90(112-96)63-32-16-5-17-33-63)79(74-51-46-73(99(100,101)102)52-72(74)59-103)57-86(80)118-83-55-70(97-113-91(64-34-18-6-19-35-64)107-92(114-97)65-36-20-7-21-37-65)44-49-77(83)78-50-45-71(56-84(78)118)98-115-93(66-38-22-8-23-39-66)108-94(116-98)67-40-24-9-25-41-67/h2-58H. The van der Waals surface area contributed by atoms with Gasteiger partial charge in [-0.15, -0.1) is 0 Å². The summed E-state index contributed by atoms with van der Waals surface area (Å²) in [5, 5.41) is 14.5. The van der Waals surface area contributed by atoms with Crippen molar-refractivity contribution in [3.63, 3.8) is 0 Å². The first kappa shape index (κ1) is 70.6. The Balaban J connectivity index is 0.891. The molecule has 0 unspecified atom stereocenters. The Kier molecular flexibility index (Phi) is 17.7. The molecule has 0 aliphatic heterocycles. The van der Waals surface area contributed by atoms with Crippen LogP contribution in [-0.4, -0.2) is 68.9 Å². The number of nitriles is 1. The van der Waals surface area contributed by atoms with Crippen molar-refractivity contribution in [2.45, 2.75) is 6.18 Å². The van der Waals surface area contributed by atoms with E-state index in [2.05, 4.69) is 10.9 Å². The molecular weight excluding hydrogens is 1470 g/mol. The van der Waals surface area contributed by atoms with Crippen LogP contribution in [0, 0.1) is 17.9 Å². The first-order valence-electron chi connectivity index (χ1n) is 37.8. The number of hydrogen-bond donors (Lipinski definition) is 0. The van der Waals surface area contributed by atoms with Crippen LogP contribution in [0.1, 0.15) is 11.1 Å². The van der Waals surface area contributed by atoms with Gasteiger partial charge in [0.25, 0.3) is 0 Å². The van der Waals surface area contributed by atoms with E-state index in [1.54, 1.807) is 12.1 Å². The molecule has 20 aromatic rings. The molecule has 20 rings (SSSR count). The molecule has 6 heterocycles. The van der Waals surface area contributed by atoms with E-state index in [9.17, 15) is 11.8 Å². The number of nitrogens with zero attached hydrogens (tertiary/aromatic N) is 16. The second-order valence-electron chi connectivity index (χ2n) is 28.1. The summed E-state index contributed by atoms with van der Waals surface area (Å²) >= 11 is 0. The number of halogens is 3. The van der Waals surface area contributed by atoms with E-state index in [-0.39, 0.29) is 22.4 Å². The van der Waals surface area contributed by atoms with E-state index in [0.717, 1.165) is 78.2 Å². The van der Waals surface area contributed by atoms with Crippen LogP contribution >= 0.6 is 0 Å². The van der Waals surface area contributed by atoms with E-state index in [0.29, 0.717) is 126 Å². The zero-order valence-electron chi connectivity index (χ0n) is 62.2. The predicted molar refractivity (Wildman–Crippen MR) is 455 cm³/mol. The van der Waals surface area contributed by atoms with Crippen LogP contribution < -0.4 is 0 Å². The lowest BCUT2D eigenvalue weighted by Gasteiger charge is -2.20. The Morgan fingerprint density at radius 1 is 0.254 bits per heavy atom. The quantitative estimate of drug-likeness (QED) is 0.0881. The first-order chi connectivity index (χ1) is 58.0. The second-order valence-corrected chi connectivity index (χ2v) is 28.1.